The Balaban J connectivity index is 1.94. The molecule has 2 heterocycles. The van der Waals surface area contributed by atoms with Gasteiger partial charge in [-0.25, -0.2) is 4.79 Å². The van der Waals surface area contributed by atoms with E-state index in [2.05, 4.69) is 4.98 Å². The van der Waals surface area contributed by atoms with E-state index >= 15 is 0 Å². The van der Waals surface area contributed by atoms with Crippen molar-refractivity contribution in [1.29, 1.82) is 0 Å². The van der Waals surface area contributed by atoms with Crippen molar-refractivity contribution in [1.82, 2.24) is 18.7 Å². The van der Waals surface area contributed by atoms with Gasteiger partial charge in [0, 0.05) is 7.05 Å². The van der Waals surface area contributed by atoms with E-state index in [0.29, 0.717) is 5.52 Å². The Morgan fingerprint density at radius 3 is 2.56 bits per heavy atom. The van der Waals surface area contributed by atoms with E-state index in [-0.39, 0.29) is 24.1 Å². The fourth-order valence-electron chi connectivity index (χ4n) is 2.85. The summed E-state index contributed by atoms with van der Waals surface area (Å²) in [5.41, 5.74) is -0.201. The first kappa shape index (κ1) is 17.2. The standard InChI is InChI=1S/C15H16ClN5O4/c1-15(23,8-19-7-12(21(24)25)17-13(19)16)9-20-11-6-4-3-5-10(11)18(2)14(20)22/h3-7,23H,8-9H2,1-2H3. The first-order valence-corrected chi connectivity index (χ1v) is 7.81. The summed E-state index contributed by atoms with van der Waals surface area (Å²) in [4.78, 5) is 26.2. The molecule has 3 rings (SSSR count). The molecular weight excluding hydrogens is 350 g/mol. The maximum absolute atomic E-state index is 12.5. The van der Waals surface area contributed by atoms with Crippen molar-refractivity contribution in [3.05, 3.63) is 56.3 Å². The highest BCUT2D eigenvalue weighted by Gasteiger charge is 2.28. The van der Waals surface area contributed by atoms with Crippen LogP contribution in [0.15, 0.2) is 35.3 Å². The molecule has 2 aromatic heterocycles. The van der Waals surface area contributed by atoms with Gasteiger partial charge in [-0.15, -0.1) is 0 Å². The number of aliphatic hydroxyl groups is 1. The van der Waals surface area contributed by atoms with Crippen LogP contribution in [0.5, 0.6) is 0 Å². The van der Waals surface area contributed by atoms with Crippen molar-refractivity contribution in [2.75, 3.05) is 0 Å². The van der Waals surface area contributed by atoms with Crippen LogP contribution in [-0.2, 0) is 20.1 Å². The third kappa shape index (κ3) is 3.15. The van der Waals surface area contributed by atoms with Gasteiger partial charge >= 0.3 is 16.8 Å². The number of aromatic nitrogens is 4. The van der Waals surface area contributed by atoms with Crippen LogP contribution in [0.4, 0.5) is 5.82 Å². The lowest BCUT2D eigenvalue weighted by Gasteiger charge is -2.23. The lowest BCUT2D eigenvalue weighted by Crippen LogP contribution is -2.39. The fraction of sp³-hybridized carbons (Fsp3) is 0.333. The second-order valence-electron chi connectivity index (χ2n) is 6.17. The van der Waals surface area contributed by atoms with Crippen LogP contribution in [0.1, 0.15) is 6.92 Å². The van der Waals surface area contributed by atoms with Crippen LogP contribution in [-0.4, -0.2) is 34.3 Å². The van der Waals surface area contributed by atoms with Gasteiger partial charge < -0.3 is 15.2 Å². The number of aryl methyl sites for hydroxylation is 1. The third-order valence-electron chi connectivity index (χ3n) is 3.96. The van der Waals surface area contributed by atoms with Gasteiger partial charge in [0.1, 0.15) is 6.20 Å². The minimum Gasteiger partial charge on any atom is -0.386 e. The Morgan fingerprint density at radius 2 is 1.96 bits per heavy atom. The van der Waals surface area contributed by atoms with E-state index in [4.69, 9.17) is 11.6 Å². The van der Waals surface area contributed by atoms with E-state index in [9.17, 15) is 20.0 Å². The molecule has 0 bridgehead atoms. The van der Waals surface area contributed by atoms with Crippen LogP contribution in [0, 0.1) is 10.1 Å². The van der Waals surface area contributed by atoms with Crippen molar-refractivity contribution in [3.8, 4) is 0 Å². The number of halogens is 1. The van der Waals surface area contributed by atoms with Gasteiger partial charge in [-0.2, -0.15) is 0 Å². The SMILES string of the molecule is Cn1c(=O)n(CC(C)(O)Cn2cc([N+](=O)[O-])nc2Cl)c2ccccc21. The van der Waals surface area contributed by atoms with Gasteiger partial charge in [-0.3, -0.25) is 13.7 Å². The molecule has 0 saturated carbocycles. The number of benzene rings is 1. The van der Waals surface area contributed by atoms with Crippen LogP contribution in [0.3, 0.4) is 0 Å². The van der Waals surface area contributed by atoms with E-state index in [1.54, 1.807) is 13.1 Å². The van der Waals surface area contributed by atoms with Crippen molar-refractivity contribution < 1.29 is 10.0 Å². The quantitative estimate of drug-likeness (QED) is 0.545. The largest absolute Gasteiger partial charge is 0.386 e. The maximum atomic E-state index is 12.5. The zero-order chi connectivity index (χ0) is 18.4. The smallest absolute Gasteiger partial charge is 0.383 e. The summed E-state index contributed by atoms with van der Waals surface area (Å²) in [6, 6.07) is 7.25. The molecule has 0 aliphatic rings. The molecule has 1 N–H and O–H groups in total. The van der Waals surface area contributed by atoms with Crippen LogP contribution >= 0.6 is 11.6 Å². The minimum absolute atomic E-state index is 0.00447. The van der Waals surface area contributed by atoms with Crippen LogP contribution in [0.2, 0.25) is 5.28 Å². The molecule has 132 valence electrons. The zero-order valence-electron chi connectivity index (χ0n) is 13.6. The molecule has 9 nitrogen and oxygen atoms in total. The zero-order valence-corrected chi connectivity index (χ0v) is 14.3. The second kappa shape index (κ2) is 6.01. The topological polar surface area (TPSA) is 108 Å². The van der Waals surface area contributed by atoms with E-state index in [0.717, 1.165) is 11.7 Å². The molecule has 1 atom stereocenters. The molecule has 0 radical (unpaired) electrons. The molecular formula is C15H16ClN5O4. The number of nitro groups is 1. The van der Waals surface area contributed by atoms with E-state index in [1.807, 2.05) is 18.2 Å². The number of imidazole rings is 2. The van der Waals surface area contributed by atoms with Gasteiger partial charge in [0.25, 0.3) is 0 Å². The normalized spacial score (nSPS) is 13.9. The Morgan fingerprint density at radius 1 is 1.32 bits per heavy atom. The highest BCUT2D eigenvalue weighted by Crippen LogP contribution is 2.21. The molecule has 0 spiro atoms. The third-order valence-corrected chi connectivity index (χ3v) is 4.27. The Bertz CT molecular complexity index is 1020. The average molecular weight is 366 g/mol. The number of para-hydroxylation sites is 2. The summed E-state index contributed by atoms with van der Waals surface area (Å²) >= 11 is 5.89. The van der Waals surface area contributed by atoms with Gasteiger partial charge in [0.15, 0.2) is 0 Å². The predicted molar refractivity (Wildman–Crippen MR) is 91.7 cm³/mol. The monoisotopic (exact) mass is 365 g/mol. The number of nitrogens with zero attached hydrogens (tertiary/aromatic N) is 5. The lowest BCUT2D eigenvalue weighted by atomic mass is 10.1. The fourth-order valence-corrected chi connectivity index (χ4v) is 3.05. The maximum Gasteiger partial charge on any atom is 0.383 e. The second-order valence-corrected chi connectivity index (χ2v) is 6.50. The number of hydrogen-bond donors (Lipinski definition) is 1. The Labute approximate surface area is 146 Å². The number of fused-ring (bicyclic) bond motifs is 1. The van der Waals surface area contributed by atoms with E-state index < -0.39 is 16.3 Å². The first-order chi connectivity index (χ1) is 11.7. The molecule has 3 aromatic rings. The Kier molecular flexibility index (Phi) is 4.13. The molecule has 1 aromatic carbocycles. The summed E-state index contributed by atoms with van der Waals surface area (Å²) in [7, 11) is 1.66. The summed E-state index contributed by atoms with van der Waals surface area (Å²) in [6.45, 7) is 1.47. The van der Waals surface area contributed by atoms with Gasteiger partial charge in [-0.1, -0.05) is 12.1 Å². The van der Waals surface area contributed by atoms with Gasteiger partial charge in [-0.05, 0) is 40.6 Å². The van der Waals surface area contributed by atoms with Gasteiger partial charge in [0.2, 0.25) is 0 Å². The molecule has 0 amide bonds. The molecule has 0 saturated heterocycles. The molecule has 0 fully saturated rings. The highest BCUT2D eigenvalue weighted by atomic mass is 35.5. The lowest BCUT2D eigenvalue weighted by molar-refractivity contribution is -0.389. The minimum atomic E-state index is -1.38. The summed E-state index contributed by atoms with van der Waals surface area (Å²) in [5.74, 6) is -0.400. The molecule has 10 heteroatoms. The predicted octanol–water partition coefficient (Wildman–Crippen LogP) is 1.55. The summed E-state index contributed by atoms with van der Waals surface area (Å²) in [6.07, 6.45) is 1.16. The highest BCUT2D eigenvalue weighted by molar-refractivity contribution is 6.28. The summed E-state index contributed by atoms with van der Waals surface area (Å²) in [5, 5.41) is 21.4. The van der Waals surface area contributed by atoms with Crippen molar-refractivity contribution in [2.45, 2.75) is 25.6 Å². The Hall–Kier alpha value is -2.65. The van der Waals surface area contributed by atoms with Crippen molar-refractivity contribution in [2.24, 2.45) is 7.05 Å². The molecule has 1 unspecified atom stereocenters. The van der Waals surface area contributed by atoms with E-state index in [1.165, 1.54) is 20.6 Å². The molecule has 0 aliphatic heterocycles. The number of rotatable bonds is 5. The molecule has 0 aliphatic carbocycles. The van der Waals surface area contributed by atoms with Crippen molar-refractivity contribution >= 4 is 28.5 Å². The molecule has 25 heavy (non-hydrogen) atoms. The van der Waals surface area contributed by atoms with Crippen LogP contribution in [0.25, 0.3) is 11.0 Å². The first-order valence-electron chi connectivity index (χ1n) is 7.43. The van der Waals surface area contributed by atoms with Crippen LogP contribution < -0.4 is 5.69 Å². The summed E-state index contributed by atoms with van der Waals surface area (Å²) < 4.78 is 4.25. The average Bonchev–Trinajstić information content (AvgIpc) is 3.01. The van der Waals surface area contributed by atoms with Gasteiger partial charge in [0.05, 0.1) is 29.7 Å². The van der Waals surface area contributed by atoms with Crippen molar-refractivity contribution in [3.63, 3.8) is 0 Å². The number of hydrogen-bond acceptors (Lipinski definition) is 5.